The van der Waals surface area contributed by atoms with Crippen LogP contribution in [-0.2, 0) is 9.53 Å². The number of piperidine rings is 1. The van der Waals surface area contributed by atoms with Crippen molar-refractivity contribution < 1.29 is 18.7 Å². The minimum Gasteiger partial charge on any atom is -0.441 e. The highest BCUT2D eigenvalue weighted by molar-refractivity contribution is 5.82. The van der Waals surface area contributed by atoms with E-state index in [2.05, 4.69) is 10.9 Å². The maximum absolute atomic E-state index is 13.1. The van der Waals surface area contributed by atoms with E-state index in [0.717, 1.165) is 5.56 Å². The Hall–Kier alpha value is -2.19. The Labute approximate surface area is 151 Å². The summed E-state index contributed by atoms with van der Waals surface area (Å²) < 4.78 is 18.6. The standard InChI is InChI=1S/C18H23FN4O3/c1-22-11-18(26-17(22)25)6-8-23(9-7-18)16(24)15-10-14(20-21-15)12-2-4-13(19)5-3-12/h2-5,14-15,20-21H,6-11H2,1H3. The number of nitrogens with zero attached hydrogens (tertiary/aromatic N) is 2. The van der Waals surface area contributed by atoms with Gasteiger partial charge in [0.15, 0.2) is 0 Å². The smallest absolute Gasteiger partial charge is 0.410 e. The van der Waals surface area contributed by atoms with Gasteiger partial charge in [-0.1, -0.05) is 12.1 Å². The summed E-state index contributed by atoms with van der Waals surface area (Å²) in [6.07, 6.45) is 1.66. The molecule has 8 heteroatoms. The topological polar surface area (TPSA) is 73.9 Å². The van der Waals surface area contributed by atoms with E-state index in [1.807, 2.05) is 4.90 Å². The number of halogens is 1. The van der Waals surface area contributed by atoms with Gasteiger partial charge >= 0.3 is 6.09 Å². The van der Waals surface area contributed by atoms with Crippen molar-refractivity contribution >= 4 is 12.0 Å². The molecule has 1 spiro atoms. The van der Waals surface area contributed by atoms with Crippen LogP contribution in [0.1, 0.15) is 30.9 Å². The summed E-state index contributed by atoms with van der Waals surface area (Å²) in [4.78, 5) is 27.9. The number of benzene rings is 1. The van der Waals surface area contributed by atoms with E-state index in [1.165, 1.54) is 12.1 Å². The number of rotatable bonds is 2. The van der Waals surface area contributed by atoms with Crippen LogP contribution in [0.5, 0.6) is 0 Å². The fourth-order valence-electron chi connectivity index (χ4n) is 4.04. The first-order valence-electron chi connectivity index (χ1n) is 8.95. The molecule has 2 N–H and O–H groups in total. The largest absolute Gasteiger partial charge is 0.441 e. The molecule has 2 unspecified atom stereocenters. The quantitative estimate of drug-likeness (QED) is 0.826. The Balaban J connectivity index is 1.33. The number of ether oxygens (including phenoxy) is 1. The number of nitrogens with one attached hydrogen (secondary N) is 2. The number of hydrogen-bond acceptors (Lipinski definition) is 5. The van der Waals surface area contributed by atoms with E-state index in [4.69, 9.17) is 4.74 Å². The molecule has 0 radical (unpaired) electrons. The van der Waals surface area contributed by atoms with Gasteiger partial charge in [0.05, 0.1) is 6.54 Å². The van der Waals surface area contributed by atoms with Crippen LogP contribution in [0, 0.1) is 5.82 Å². The van der Waals surface area contributed by atoms with Gasteiger partial charge in [0, 0.05) is 39.0 Å². The molecule has 3 aliphatic heterocycles. The van der Waals surface area contributed by atoms with Crippen LogP contribution in [0.15, 0.2) is 24.3 Å². The van der Waals surface area contributed by atoms with Crippen LogP contribution >= 0.6 is 0 Å². The van der Waals surface area contributed by atoms with Crippen LogP contribution < -0.4 is 10.9 Å². The number of hydrazine groups is 1. The highest BCUT2D eigenvalue weighted by Crippen LogP contribution is 2.33. The van der Waals surface area contributed by atoms with Crippen molar-refractivity contribution in [1.29, 1.82) is 0 Å². The lowest BCUT2D eigenvalue weighted by atomic mass is 9.91. The summed E-state index contributed by atoms with van der Waals surface area (Å²) in [7, 11) is 1.73. The summed E-state index contributed by atoms with van der Waals surface area (Å²) >= 11 is 0. The lowest BCUT2D eigenvalue weighted by Gasteiger charge is -2.38. The van der Waals surface area contributed by atoms with Crippen molar-refractivity contribution in [2.24, 2.45) is 0 Å². The first-order valence-corrected chi connectivity index (χ1v) is 8.95. The van der Waals surface area contributed by atoms with Gasteiger partial charge in [-0.05, 0) is 24.1 Å². The maximum Gasteiger partial charge on any atom is 0.410 e. The van der Waals surface area contributed by atoms with E-state index in [9.17, 15) is 14.0 Å². The first-order chi connectivity index (χ1) is 12.5. The molecule has 140 valence electrons. The van der Waals surface area contributed by atoms with Crippen LogP contribution in [0.3, 0.4) is 0 Å². The number of carbonyl (C=O) groups excluding carboxylic acids is 2. The third kappa shape index (κ3) is 3.14. The Bertz CT molecular complexity index is 703. The second-order valence-electron chi connectivity index (χ2n) is 7.41. The number of likely N-dealkylation sites (tertiary alicyclic amines) is 1. The molecule has 0 aliphatic carbocycles. The molecule has 0 aromatic heterocycles. The van der Waals surface area contributed by atoms with E-state index >= 15 is 0 Å². The van der Waals surface area contributed by atoms with Crippen molar-refractivity contribution in [1.82, 2.24) is 20.7 Å². The highest BCUT2D eigenvalue weighted by atomic mass is 19.1. The monoisotopic (exact) mass is 362 g/mol. The molecule has 1 aromatic carbocycles. The Morgan fingerprint density at radius 3 is 2.54 bits per heavy atom. The second-order valence-corrected chi connectivity index (χ2v) is 7.41. The zero-order valence-electron chi connectivity index (χ0n) is 14.7. The molecule has 2 amide bonds. The van der Waals surface area contributed by atoms with Gasteiger partial charge in [-0.15, -0.1) is 0 Å². The predicted octanol–water partition coefficient (Wildman–Crippen LogP) is 1.18. The van der Waals surface area contributed by atoms with Crippen LogP contribution in [-0.4, -0.2) is 60.1 Å². The lowest BCUT2D eigenvalue weighted by Crippen LogP contribution is -2.53. The Morgan fingerprint density at radius 1 is 1.23 bits per heavy atom. The zero-order chi connectivity index (χ0) is 18.3. The van der Waals surface area contributed by atoms with Gasteiger partial charge in [0.1, 0.15) is 17.5 Å². The molecule has 3 aliphatic rings. The van der Waals surface area contributed by atoms with Gasteiger partial charge in [0.25, 0.3) is 0 Å². The van der Waals surface area contributed by atoms with E-state index in [-0.39, 0.29) is 29.9 Å². The van der Waals surface area contributed by atoms with Gasteiger partial charge in [-0.3, -0.25) is 4.79 Å². The van der Waals surface area contributed by atoms with Crippen molar-refractivity contribution in [2.45, 2.75) is 36.9 Å². The summed E-state index contributed by atoms with van der Waals surface area (Å²) in [6, 6.07) is 5.98. The SMILES string of the molecule is CN1CC2(CCN(C(=O)C3CC(c4ccc(F)cc4)NN3)CC2)OC1=O. The van der Waals surface area contributed by atoms with Crippen molar-refractivity contribution in [3.05, 3.63) is 35.6 Å². The molecule has 7 nitrogen and oxygen atoms in total. The highest BCUT2D eigenvalue weighted by Gasteiger charge is 2.47. The Kier molecular flexibility index (Phi) is 4.32. The summed E-state index contributed by atoms with van der Waals surface area (Å²) in [5, 5.41) is 0. The maximum atomic E-state index is 13.1. The van der Waals surface area contributed by atoms with E-state index in [1.54, 1.807) is 24.1 Å². The fourth-order valence-corrected chi connectivity index (χ4v) is 4.04. The van der Waals surface area contributed by atoms with Gasteiger partial charge in [0.2, 0.25) is 5.91 Å². The predicted molar refractivity (Wildman–Crippen MR) is 91.5 cm³/mol. The molecule has 1 aromatic rings. The third-order valence-electron chi connectivity index (χ3n) is 5.60. The van der Waals surface area contributed by atoms with Crippen LogP contribution in [0.25, 0.3) is 0 Å². The lowest BCUT2D eigenvalue weighted by molar-refractivity contribution is -0.136. The minimum absolute atomic E-state index is 0.0230. The zero-order valence-corrected chi connectivity index (χ0v) is 14.7. The van der Waals surface area contributed by atoms with Crippen LogP contribution in [0.4, 0.5) is 9.18 Å². The van der Waals surface area contributed by atoms with Crippen molar-refractivity contribution in [3.63, 3.8) is 0 Å². The number of hydrogen-bond donors (Lipinski definition) is 2. The summed E-state index contributed by atoms with van der Waals surface area (Å²) in [5.74, 6) is -0.220. The van der Waals surface area contributed by atoms with Gasteiger partial charge in [-0.2, -0.15) is 0 Å². The average molecular weight is 362 g/mol. The third-order valence-corrected chi connectivity index (χ3v) is 5.60. The second kappa shape index (κ2) is 6.51. The molecule has 3 fully saturated rings. The average Bonchev–Trinajstić information content (AvgIpc) is 3.21. The molecule has 3 saturated heterocycles. The van der Waals surface area contributed by atoms with E-state index < -0.39 is 5.60 Å². The molecule has 0 saturated carbocycles. The molecular formula is C18H23FN4O3. The van der Waals surface area contributed by atoms with Crippen LogP contribution in [0.2, 0.25) is 0 Å². The summed E-state index contributed by atoms with van der Waals surface area (Å²) in [6.45, 7) is 1.75. The van der Waals surface area contributed by atoms with E-state index in [0.29, 0.717) is 38.9 Å². The molecule has 26 heavy (non-hydrogen) atoms. The first kappa shape index (κ1) is 17.2. The molecule has 3 heterocycles. The number of likely N-dealkylation sites (N-methyl/N-ethyl adjacent to an activating group) is 1. The molecule has 0 bridgehead atoms. The summed E-state index contributed by atoms with van der Waals surface area (Å²) in [5.41, 5.74) is 6.70. The number of carbonyl (C=O) groups is 2. The molecule has 4 rings (SSSR count). The van der Waals surface area contributed by atoms with Crippen molar-refractivity contribution in [3.8, 4) is 0 Å². The Morgan fingerprint density at radius 2 is 1.92 bits per heavy atom. The minimum atomic E-state index is -0.444. The fraction of sp³-hybridized carbons (Fsp3) is 0.556. The molecular weight excluding hydrogens is 339 g/mol. The normalized spacial score (nSPS) is 27.8. The van der Waals surface area contributed by atoms with Gasteiger partial charge < -0.3 is 14.5 Å². The van der Waals surface area contributed by atoms with Gasteiger partial charge in [-0.25, -0.2) is 20.0 Å². The molecule has 2 atom stereocenters. The van der Waals surface area contributed by atoms with Crippen molar-refractivity contribution in [2.75, 3.05) is 26.7 Å². The number of amides is 2.